The molecule has 3 fully saturated rings. The quantitative estimate of drug-likeness (QED) is 0.809. The molecule has 1 aliphatic carbocycles. The van der Waals surface area contributed by atoms with Crippen molar-refractivity contribution in [3.8, 4) is 0 Å². The fourth-order valence-electron chi connectivity index (χ4n) is 3.73. The van der Waals surface area contributed by atoms with Gasteiger partial charge >= 0.3 is 0 Å². The average Bonchev–Trinajstić information content (AvgIpc) is 3.23. The maximum Gasteiger partial charge on any atom is 0.228 e. The Morgan fingerprint density at radius 1 is 1.29 bits per heavy atom. The summed E-state index contributed by atoms with van der Waals surface area (Å²) in [6.07, 6.45) is 2.60. The fraction of sp³-hybridized carbons (Fsp3) is 0.706. The lowest BCUT2D eigenvalue weighted by molar-refractivity contribution is -0.137. The van der Waals surface area contributed by atoms with Crippen LogP contribution in [-0.2, 0) is 16.1 Å². The molecule has 7 nitrogen and oxygen atoms in total. The molecule has 0 spiro atoms. The molecule has 0 aromatic carbocycles. The largest absolute Gasteiger partial charge is 0.360 e. The number of nitrogens with zero attached hydrogens (tertiary/aromatic N) is 4. The third-order valence-corrected chi connectivity index (χ3v) is 5.24. The van der Waals surface area contributed by atoms with E-state index in [1.807, 2.05) is 22.8 Å². The summed E-state index contributed by atoms with van der Waals surface area (Å²) in [5.41, 5.74) is 0.893. The first kappa shape index (κ1) is 15.6. The molecule has 1 aromatic rings. The first-order valence-corrected chi connectivity index (χ1v) is 8.83. The van der Waals surface area contributed by atoms with Gasteiger partial charge in [-0.3, -0.25) is 14.5 Å². The number of likely N-dealkylation sites (tertiary alicyclic amines) is 1. The van der Waals surface area contributed by atoms with Crippen LogP contribution in [0.3, 0.4) is 0 Å². The number of carbonyl (C=O) groups excluding carboxylic acids is 2. The Morgan fingerprint density at radius 2 is 2.04 bits per heavy atom. The molecule has 1 atom stereocenters. The summed E-state index contributed by atoms with van der Waals surface area (Å²) in [6.45, 7) is 6.38. The van der Waals surface area contributed by atoms with E-state index >= 15 is 0 Å². The molecule has 2 amide bonds. The molecular formula is C17H24N4O3. The number of aryl methyl sites for hydroxylation is 1. The lowest BCUT2D eigenvalue weighted by Gasteiger charge is -2.35. The van der Waals surface area contributed by atoms with Crippen molar-refractivity contribution in [1.29, 1.82) is 0 Å². The number of rotatable bonds is 4. The summed E-state index contributed by atoms with van der Waals surface area (Å²) >= 11 is 0. The molecule has 0 radical (unpaired) electrons. The molecule has 3 heterocycles. The Labute approximate surface area is 141 Å². The average molecular weight is 332 g/mol. The standard InChI is InChI=1S/C17H24N4O3/c1-12-8-15(24-18-12)11-19-4-6-20(7-5-19)17(23)13-9-16(22)21(10-13)14-2-3-14/h8,13-14H,2-7,9-11H2,1H3/t13-/m0/s1. The molecule has 130 valence electrons. The van der Waals surface area contributed by atoms with Crippen LogP contribution in [0.4, 0.5) is 0 Å². The van der Waals surface area contributed by atoms with Crippen LogP contribution in [0.15, 0.2) is 10.6 Å². The number of carbonyl (C=O) groups is 2. The van der Waals surface area contributed by atoms with Crippen LogP contribution in [0.25, 0.3) is 0 Å². The fourth-order valence-corrected chi connectivity index (χ4v) is 3.73. The topological polar surface area (TPSA) is 69.9 Å². The minimum Gasteiger partial charge on any atom is -0.360 e. The Hall–Kier alpha value is -1.89. The highest BCUT2D eigenvalue weighted by atomic mass is 16.5. The third kappa shape index (κ3) is 3.17. The molecule has 1 aromatic heterocycles. The predicted molar refractivity (Wildman–Crippen MR) is 85.9 cm³/mol. The van der Waals surface area contributed by atoms with Crippen LogP contribution in [0.1, 0.15) is 30.7 Å². The molecule has 24 heavy (non-hydrogen) atoms. The normalized spacial score (nSPS) is 25.5. The first-order valence-electron chi connectivity index (χ1n) is 8.83. The number of piperazine rings is 1. The predicted octanol–water partition coefficient (Wildman–Crippen LogP) is 0.638. The Bertz CT molecular complexity index is 632. The van der Waals surface area contributed by atoms with Crippen LogP contribution in [0, 0.1) is 12.8 Å². The lowest BCUT2D eigenvalue weighted by atomic mass is 10.1. The van der Waals surface area contributed by atoms with Crippen molar-refractivity contribution in [2.45, 2.75) is 38.8 Å². The second-order valence-electron chi connectivity index (χ2n) is 7.21. The molecular weight excluding hydrogens is 308 g/mol. The van der Waals surface area contributed by atoms with E-state index < -0.39 is 0 Å². The zero-order chi connectivity index (χ0) is 16.7. The van der Waals surface area contributed by atoms with E-state index in [1.165, 1.54) is 0 Å². The summed E-state index contributed by atoms with van der Waals surface area (Å²) < 4.78 is 5.26. The van der Waals surface area contributed by atoms with Gasteiger partial charge in [0.15, 0.2) is 5.76 Å². The number of aromatic nitrogens is 1. The first-order chi connectivity index (χ1) is 11.6. The van der Waals surface area contributed by atoms with E-state index in [4.69, 9.17) is 4.52 Å². The van der Waals surface area contributed by atoms with Gasteiger partial charge in [0.05, 0.1) is 18.2 Å². The van der Waals surface area contributed by atoms with Gasteiger partial charge in [0.2, 0.25) is 11.8 Å². The van der Waals surface area contributed by atoms with Crippen molar-refractivity contribution in [3.05, 3.63) is 17.5 Å². The van der Waals surface area contributed by atoms with Gasteiger partial charge in [-0.05, 0) is 19.8 Å². The maximum atomic E-state index is 12.7. The number of amides is 2. The number of hydrogen-bond donors (Lipinski definition) is 0. The summed E-state index contributed by atoms with van der Waals surface area (Å²) in [6, 6.07) is 2.37. The minimum absolute atomic E-state index is 0.137. The zero-order valence-electron chi connectivity index (χ0n) is 14.1. The smallest absolute Gasteiger partial charge is 0.228 e. The summed E-state index contributed by atoms with van der Waals surface area (Å²) in [5.74, 6) is 1.05. The molecule has 1 saturated carbocycles. The molecule has 2 aliphatic heterocycles. The van der Waals surface area contributed by atoms with E-state index in [2.05, 4.69) is 10.1 Å². The molecule has 3 aliphatic rings. The van der Waals surface area contributed by atoms with Crippen molar-refractivity contribution in [2.75, 3.05) is 32.7 Å². The summed E-state index contributed by atoms with van der Waals surface area (Å²) in [7, 11) is 0. The van der Waals surface area contributed by atoms with E-state index in [0.29, 0.717) is 19.0 Å². The molecule has 0 N–H and O–H groups in total. The van der Waals surface area contributed by atoms with E-state index in [9.17, 15) is 9.59 Å². The summed E-state index contributed by atoms with van der Waals surface area (Å²) in [5, 5.41) is 3.91. The van der Waals surface area contributed by atoms with Crippen LogP contribution in [0.2, 0.25) is 0 Å². The van der Waals surface area contributed by atoms with E-state index in [0.717, 1.165) is 57.0 Å². The van der Waals surface area contributed by atoms with E-state index in [-0.39, 0.29) is 17.7 Å². The Morgan fingerprint density at radius 3 is 2.67 bits per heavy atom. The molecule has 4 rings (SSSR count). The zero-order valence-corrected chi connectivity index (χ0v) is 14.1. The van der Waals surface area contributed by atoms with Crippen molar-refractivity contribution >= 4 is 11.8 Å². The second kappa shape index (κ2) is 6.20. The summed E-state index contributed by atoms with van der Waals surface area (Å²) in [4.78, 5) is 30.9. The van der Waals surface area contributed by atoms with Crippen LogP contribution in [-0.4, -0.2) is 70.4 Å². The van der Waals surface area contributed by atoms with Gasteiger partial charge in [-0.15, -0.1) is 0 Å². The van der Waals surface area contributed by atoms with Gasteiger partial charge in [-0.1, -0.05) is 5.16 Å². The highest BCUT2D eigenvalue weighted by Gasteiger charge is 2.43. The van der Waals surface area contributed by atoms with Crippen molar-refractivity contribution in [2.24, 2.45) is 5.92 Å². The van der Waals surface area contributed by atoms with Crippen LogP contribution >= 0.6 is 0 Å². The SMILES string of the molecule is Cc1cc(CN2CCN(C(=O)[C@H]3CC(=O)N(C4CC4)C3)CC2)on1. The van der Waals surface area contributed by atoms with E-state index in [1.54, 1.807) is 0 Å². The van der Waals surface area contributed by atoms with Crippen molar-refractivity contribution in [3.63, 3.8) is 0 Å². The monoisotopic (exact) mass is 332 g/mol. The highest BCUT2D eigenvalue weighted by molar-refractivity contribution is 5.89. The van der Waals surface area contributed by atoms with Crippen LogP contribution < -0.4 is 0 Å². The molecule has 0 bridgehead atoms. The van der Waals surface area contributed by atoms with Crippen LogP contribution in [0.5, 0.6) is 0 Å². The van der Waals surface area contributed by atoms with Gasteiger partial charge in [-0.2, -0.15) is 0 Å². The minimum atomic E-state index is -0.137. The maximum absolute atomic E-state index is 12.7. The molecule has 0 unspecified atom stereocenters. The van der Waals surface area contributed by atoms with Gasteiger partial charge in [-0.25, -0.2) is 0 Å². The van der Waals surface area contributed by atoms with Crippen molar-refractivity contribution in [1.82, 2.24) is 19.9 Å². The molecule has 7 heteroatoms. The molecule has 2 saturated heterocycles. The highest BCUT2D eigenvalue weighted by Crippen LogP contribution is 2.33. The third-order valence-electron chi connectivity index (χ3n) is 5.24. The number of hydrogen-bond acceptors (Lipinski definition) is 5. The van der Waals surface area contributed by atoms with Gasteiger partial charge < -0.3 is 14.3 Å². The Kier molecular flexibility index (Phi) is 4.04. The lowest BCUT2D eigenvalue weighted by Crippen LogP contribution is -2.50. The van der Waals surface area contributed by atoms with Gasteiger partial charge in [0, 0.05) is 51.3 Å². The van der Waals surface area contributed by atoms with Crippen molar-refractivity contribution < 1.29 is 14.1 Å². The Balaban J connectivity index is 1.27. The van der Waals surface area contributed by atoms with Gasteiger partial charge in [0.25, 0.3) is 0 Å². The second-order valence-corrected chi connectivity index (χ2v) is 7.21. The van der Waals surface area contributed by atoms with Gasteiger partial charge in [0.1, 0.15) is 0 Å².